The fourth-order valence-electron chi connectivity index (χ4n) is 4.24. The van der Waals surface area contributed by atoms with Gasteiger partial charge in [0.2, 0.25) is 11.8 Å². The van der Waals surface area contributed by atoms with Crippen molar-refractivity contribution in [3.63, 3.8) is 0 Å². The van der Waals surface area contributed by atoms with Gasteiger partial charge in [-0.15, -0.1) is 5.10 Å². The standard InChI is InChI=1S/C29H33N5O2/c1-20(2)17-18-30-29(36)28(23-15-13-21(3)14-16-23)34(25-11-7-5-9-22(25)4)27(35)19-33-26-12-8-6-10-24(26)31-32-33/h5-16,20,28H,17-19H2,1-4H3,(H,30,36)/t28-/m1/s1. The number of aryl methyl sites for hydroxylation is 2. The number of benzene rings is 3. The normalized spacial score (nSPS) is 12.0. The summed E-state index contributed by atoms with van der Waals surface area (Å²) in [6.07, 6.45) is 0.857. The predicted molar refractivity (Wildman–Crippen MR) is 143 cm³/mol. The minimum atomic E-state index is -0.832. The fraction of sp³-hybridized carbons (Fsp3) is 0.310. The van der Waals surface area contributed by atoms with Crippen molar-refractivity contribution in [2.24, 2.45) is 5.92 Å². The van der Waals surface area contributed by atoms with Gasteiger partial charge in [0.05, 0.1) is 5.52 Å². The molecule has 7 nitrogen and oxygen atoms in total. The van der Waals surface area contributed by atoms with Gasteiger partial charge in [-0.1, -0.05) is 79.2 Å². The van der Waals surface area contributed by atoms with E-state index < -0.39 is 6.04 Å². The molecular weight excluding hydrogens is 450 g/mol. The van der Waals surface area contributed by atoms with Crippen molar-refractivity contribution >= 4 is 28.5 Å². The van der Waals surface area contributed by atoms with Crippen LogP contribution in [-0.4, -0.2) is 33.4 Å². The van der Waals surface area contributed by atoms with E-state index in [9.17, 15) is 9.59 Å². The maximum Gasteiger partial charge on any atom is 0.249 e. The third-order valence-corrected chi connectivity index (χ3v) is 6.27. The Bertz CT molecular complexity index is 1340. The third-order valence-electron chi connectivity index (χ3n) is 6.27. The number of rotatable bonds is 9. The first-order chi connectivity index (χ1) is 17.3. The number of nitrogens with one attached hydrogen (secondary N) is 1. The highest BCUT2D eigenvalue weighted by Crippen LogP contribution is 2.31. The Morgan fingerprint density at radius 1 is 0.944 bits per heavy atom. The monoisotopic (exact) mass is 483 g/mol. The van der Waals surface area contributed by atoms with Crippen LogP contribution in [0.4, 0.5) is 5.69 Å². The van der Waals surface area contributed by atoms with Gasteiger partial charge in [0.1, 0.15) is 18.1 Å². The van der Waals surface area contributed by atoms with Crippen molar-refractivity contribution in [2.75, 3.05) is 11.4 Å². The van der Waals surface area contributed by atoms with Crippen molar-refractivity contribution in [2.45, 2.75) is 46.7 Å². The second kappa shape index (κ2) is 11.2. The van der Waals surface area contributed by atoms with Gasteiger partial charge in [-0.25, -0.2) is 4.68 Å². The van der Waals surface area contributed by atoms with E-state index in [-0.39, 0.29) is 18.4 Å². The molecule has 0 fully saturated rings. The molecule has 0 saturated carbocycles. The molecular formula is C29H33N5O2. The summed E-state index contributed by atoms with van der Waals surface area (Å²) in [5.74, 6) is 0.00177. The molecule has 1 N–H and O–H groups in total. The van der Waals surface area contributed by atoms with Crippen LogP contribution in [0.5, 0.6) is 0 Å². The Labute approximate surface area is 212 Å². The summed E-state index contributed by atoms with van der Waals surface area (Å²) in [6.45, 7) is 8.69. The Morgan fingerprint density at radius 2 is 1.64 bits per heavy atom. The van der Waals surface area contributed by atoms with Crippen molar-refractivity contribution < 1.29 is 9.59 Å². The lowest BCUT2D eigenvalue weighted by Crippen LogP contribution is -2.46. The number of nitrogens with zero attached hydrogens (tertiary/aromatic N) is 4. The number of carbonyl (C=O) groups is 2. The number of anilines is 1. The van der Waals surface area contributed by atoms with Gasteiger partial charge in [-0.05, 0) is 55.5 Å². The molecule has 0 aliphatic rings. The van der Waals surface area contributed by atoms with Gasteiger partial charge in [-0.3, -0.25) is 14.5 Å². The molecule has 4 rings (SSSR count). The molecule has 2 amide bonds. The van der Waals surface area contributed by atoms with E-state index >= 15 is 0 Å². The predicted octanol–water partition coefficient (Wildman–Crippen LogP) is 4.98. The minimum Gasteiger partial charge on any atom is -0.354 e. The molecule has 186 valence electrons. The summed E-state index contributed by atoms with van der Waals surface area (Å²) in [6, 6.07) is 22.1. The Morgan fingerprint density at radius 3 is 2.36 bits per heavy atom. The molecule has 3 aromatic carbocycles. The molecule has 0 radical (unpaired) electrons. The zero-order valence-electron chi connectivity index (χ0n) is 21.3. The number of aromatic nitrogens is 3. The van der Waals surface area contributed by atoms with Gasteiger partial charge >= 0.3 is 0 Å². The van der Waals surface area contributed by atoms with Crippen LogP contribution in [-0.2, 0) is 16.1 Å². The number of carbonyl (C=O) groups excluding carboxylic acids is 2. The largest absolute Gasteiger partial charge is 0.354 e. The summed E-state index contributed by atoms with van der Waals surface area (Å²) in [7, 11) is 0. The Balaban J connectivity index is 1.77. The van der Waals surface area contributed by atoms with Gasteiger partial charge in [0.25, 0.3) is 0 Å². The zero-order chi connectivity index (χ0) is 25.7. The second-order valence-electron chi connectivity index (χ2n) is 9.57. The van der Waals surface area contributed by atoms with Crippen LogP contribution in [0.3, 0.4) is 0 Å². The third kappa shape index (κ3) is 5.62. The summed E-state index contributed by atoms with van der Waals surface area (Å²) >= 11 is 0. The van der Waals surface area contributed by atoms with E-state index in [2.05, 4.69) is 29.5 Å². The van der Waals surface area contributed by atoms with Crippen molar-refractivity contribution in [3.8, 4) is 0 Å². The Kier molecular flexibility index (Phi) is 7.78. The summed E-state index contributed by atoms with van der Waals surface area (Å²) in [4.78, 5) is 29.4. The van der Waals surface area contributed by atoms with Gasteiger partial charge in [0.15, 0.2) is 0 Å². The van der Waals surface area contributed by atoms with E-state index in [1.54, 1.807) is 9.58 Å². The molecule has 0 aliphatic carbocycles. The number of amides is 2. The van der Waals surface area contributed by atoms with E-state index in [0.717, 1.165) is 28.6 Å². The van der Waals surface area contributed by atoms with Crippen LogP contribution in [0.2, 0.25) is 0 Å². The van der Waals surface area contributed by atoms with Crippen LogP contribution in [0.1, 0.15) is 43.0 Å². The molecule has 0 saturated heterocycles. The number of hydrogen-bond donors (Lipinski definition) is 1. The van der Waals surface area contributed by atoms with Gasteiger partial charge in [0, 0.05) is 12.2 Å². The first-order valence-corrected chi connectivity index (χ1v) is 12.4. The van der Waals surface area contributed by atoms with Crippen LogP contribution in [0.15, 0.2) is 72.8 Å². The first-order valence-electron chi connectivity index (χ1n) is 12.4. The first kappa shape index (κ1) is 25.1. The molecule has 1 heterocycles. The maximum absolute atomic E-state index is 14.0. The fourth-order valence-corrected chi connectivity index (χ4v) is 4.24. The van der Waals surface area contributed by atoms with Crippen LogP contribution in [0, 0.1) is 19.8 Å². The van der Waals surface area contributed by atoms with E-state index in [1.165, 1.54) is 0 Å². The molecule has 7 heteroatoms. The lowest BCUT2D eigenvalue weighted by Gasteiger charge is -2.32. The Hall–Kier alpha value is -4.00. The molecule has 1 atom stereocenters. The average Bonchev–Trinajstić information content (AvgIpc) is 3.26. The van der Waals surface area contributed by atoms with Crippen molar-refractivity contribution in [1.82, 2.24) is 20.3 Å². The summed E-state index contributed by atoms with van der Waals surface area (Å²) in [5.41, 5.74) is 4.92. The van der Waals surface area contributed by atoms with E-state index in [4.69, 9.17) is 0 Å². The lowest BCUT2D eigenvalue weighted by atomic mass is 10.0. The van der Waals surface area contributed by atoms with E-state index in [0.29, 0.717) is 23.7 Å². The van der Waals surface area contributed by atoms with Gasteiger partial charge in [-0.2, -0.15) is 0 Å². The highest BCUT2D eigenvalue weighted by Gasteiger charge is 2.33. The molecule has 1 aromatic heterocycles. The maximum atomic E-state index is 14.0. The lowest BCUT2D eigenvalue weighted by molar-refractivity contribution is -0.127. The molecule has 0 unspecified atom stereocenters. The van der Waals surface area contributed by atoms with Crippen LogP contribution < -0.4 is 10.2 Å². The highest BCUT2D eigenvalue weighted by atomic mass is 16.2. The smallest absolute Gasteiger partial charge is 0.249 e. The van der Waals surface area contributed by atoms with E-state index in [1.807, 2.05) is 86.6 Å². The number of para-hydroxylation sites is 2. The average molecular weight is 484 g/mol. The molecule has 0 aliphatic heterocycles. The minimum absolute atomic E-state index is 0.0452. The molecule has 4 aromatic rings. The van der Waals surface area contributed by atoms with Crippen LogP contribution >= 0.6 is 0 Å². The second-order valence-corrected chi connectivity index (χ2v) is 9.57. The molecule has 36 heavy (non-hydrogen) atoms. The SMILES string of the molecule is Cc1ccc([C@H](C(=O)NCCC(C)C)N(C(=O)Cn2nnc3ccccc32)c2ccccc2C)cc1. The zero-order valence-corrected chi connectivity index (χ0v) is 21.3. The topological polar surface area (TPSA) is 80.1 Å². The molecule has 0 spiro atoms. The number of hydrogen-bond acceptors (Lipinski definition) is 4. The number of fused-ring (bicyclic) bond motifs is 1. The van der Waals surface area contributed by atoms with Crippen LogP contribution in [0.25, 0.3) is 11.0 Å². The van der Waals surface area contributed by atoms with Crippen molar-refractivity contribution in [1.29, 1.82) is 0 Å². The highest BCUT2D eigenvalue weighted by molar-refractivity contribution is 6.02. The van der Waals surface area contributed by atoms with Gasteiger partial charge < -0.3 is 5.32 Å². The van der Waals surface area contributed by atoms with Crippen molar-refractivity contribution in [3.05, 3.63) is 89.5 Å². The quantitative estimate of drug-likeness (QED) is 0.364. The summed E-state index contributed by atoms with van der Waals surface area (Å²) < 4.78 is 1.59. The molecule has 0 bridgehead atoms. The summed E-state index contributed by atoms with van der Waals surface area (Å²) in [5, 5.41) is 11.5.